The van der Waals surface area contributed by atoms with Gasteiger partial charge in [0, 0.05) is 10.8 Å². The summed E-state index contributed by atoms with van der Waals surface area (Å²) >= 11 is 13.9. The number of hydrogen-bond donors (Lipinski definition) is 0. The third-order valence-corrected chi connectivity index (χ3v) is 16.9. The van der Waals surface area contributed by atoms with Crippen LogP contribution in [0.1, 0.15) is 336 Å². The van der Waals surface area contributed by atoms with Gasteiger partial charge in [-0.15, -0.1) is 0 Å². The van der Waals surface area contributed by atoms with Crippen LogP contribution in [0.2, 0.25) is 10.0 Å². The highest BCUT2D eigenvalue weighted by Gasteiger charge is 2.25. The van der Waals surface area contributed by atoms with Crippen molar-refractivity contribution in [3.05, 3.63) is 34.3 Å². The van der Waals surface area contributed by atoms with E-state index in [4.69, 9.17) is 42.1 Å². The minimum atomic E-state index is 0.522. The van der Waals surface area contributed by atoms with Crippen LogP contribution in [0.4, 0.5) is 0 Å². The summed E-state index contributed by atoms with van der Waals surface area (Å²) in [6.45, 7) is 11.8. The molecular weight excluding hydrogens is 976 g/mol. The molecule has 76 heavy (non-hydrogen) atoms. The number of rotatable bonds is 56. The van der Waals surface area contributed by atoms with E-state index in [1.165, 1.54) is 270 Å². The van der Waals surface area contributed by atoms with Crippen LogP contribution < -0.4 is 18.9 Å². The molecule has 0 amide bonds. The normalized spacial score (nSPS) is 11.7. The number of hydrogen-bond acceptors (Lipinski definition) is 4. The van der Waals surface area contributed by atoms with Gasteiger partial charge in [-0.05, 0) is 49.9 Å². The fraction of sp³-hybridized carbons (Fsp3) is 0.800. The van der Waals surface area contributed by atoms with Crippen molar-refractivity contribution < 1.29 is 18.9 Å². The van der Waals surface area contributed by atoms with E-state index in [0.717, 1.165) is 83.1 Å². The smallest absolute Gasteiger partial charge is 0.139 e. The van der Waals surface area contributed by atoms with Crippen LogP contribution in [0.5, 0.6) is 23.0 Å². The van der Waals surface area contributed by atoms with Crippen molar-refractivity contribution in [2.24, 2.45) is 0 Å². The molecule has 438 valence electrons. The largest absolute Gasteiger partial charge is 0.493 e. The molecular formula is C70H120Cl2O4. The Morgan fingerprint density at radius 1 is 0.250 bits per heavy atom. The second-order valence-electron chi connectivity index (χ2n) is 23.2. The SMILES string of the molecule is CCCCCCCCCCCCCCOc1ccc(OCCCCCCCCCCCCCC)c2c(OCCCCCCCCCCCCCC)c3cc(Cl)c(Cl)cc3c(OCCCCCCCCCCCCCC)c12. The highest BCUT2D eigenvalue weighted by atomic mass is 35.5. The fourth-order valence-electron chi connectivity index (χ4n) is 11.2. The molecule has 0 aliphatic heterocycles. The van der Waals surface area contributed by atoms with Gasteiger partial charge in [-0.25, -0.2) is 0 Å². The van der Waals surface area contributed by atoms with Gasteiger partial charge in [0.1, 0.15) is 23.0 Å². The lowest BCUT2D eigenvalue weighted by Gasteiger charge is -2.22. The number of unbranched alkanes of at least 4 members (excludes halogenated alkanes) is 44. The fourth-order valence-corrected chi connectivity index (χ4v) is 11.6. The van der Waals surface area contributed by atoms with E-state index < -0.39 is 0 Å². The van der Waals surface area contributed by atoms with Gasteiger partial charge in [0.15, 0.2) is 0 Å². The molecule has 0 N–H and O–H groups in total. The van der Waals surface area contributed by atoms with Crippen LogP contribution in [0.3, 0.4) is 0 Å². The summed E-state index contributed by atoms with van der Waals surface area (Å²) in [6, 6.07) is 8.27. The van der Waals surface area contributed by atoms with E-state index in [0.29, 0.717) is 36.5 Å². The first-order valence-corrected chi connectivity index (χ1v) is 34.2. The van der Waals surface area contributed by atoms with Gasteiger partial charge in [0.2, 0.25) is 0 Å². The Kier molecular flexibility index (Phi) is 43.8. The third-order valence-electron chi connectivity index (χ3n) is 16.1. The monoisotopic (exact) mass is 1090 g/mol. The minimum absolute atomic E-state index is 0.522. The van der Waals surface area contributed by atoms with Crippen molar-refractivity contribution in [1.82, 2.24) is 0 Å². The molecule has 3 aromatic carbocycles. The van der Waals surface area contributed by atoms with Gasteiger partial charge in [0.25, 0.3) is 0 Å². The highest BCUT2D eigenvalue weighted by Crippen LogP contribution is 2.52. The van der Waals surface area contributed by atoms with Gasteiger partial charge < -0.3 is 18.9 Å². The zero-order valence-corrected chi connectivity index (χ0v) is 52.0. The van der Waals surface area contributed by atoms with Gasteiger partial charge in [-0.3, -0.25) is 0 Å². The van der Waals surface area contributed by atoms with Crippen LogP contribution in [0.25, 0.3) is 21.5 Å². The summed E-state index contributed by atoms with van der Waals surface area (Å²) in [5, 5.41) is 4.79. The predicted octanol–water partition coefficient (Wildman–Crippen LogP) is 25.6. The first-order chi connectivity index (χ1) is 37.6. The van der Waals surface area contributed by atoms with E-state index in [1.807, 2.05) is 12.1 Å². The van der Waals surface area contributed by atoms with Gasteiger partial charge in [0.05, 0.1) is 47.2 Å². The van der Waals surface area contributed by atoms with Crippen LogP contribution in [0, 0.1) is 0 Å². The maximum atomic E-state index is 7.04. The maximum Gasteiger partial charge on any atom is 0.139 e. The summed E-state index contributed by atoms with van der Waals surface area (Å²) in [5.74, 6) is 3.29. The molecule has 0 aromatic heterocycles. The average Bonchev–Trinajstić information content (AvgIpc) is 3.43. The molecule has 0 atom stereocenters. The molecule has 6 heteroatoms. The van der Waals surface area contributed by atoms with Crippen molar-refractivity contribution in [1.29, 1.82) is 0 Å². The Morgan fingerprint density at radius 2 is 0.434 bits per heavy atom. The Hall–Kier alpha value is -2.04. The van der Waals surface area contributed by atoms with Crippen LogP contribution >= 0.6 is 23.2 Å². The Balaban J connectivity index is 1.81. The molecule has 0 aliphatic carbocycles. The van der Waals surface area contributed by atoms with Gasteiger partial charge in [-0.2, -0.15) is 0 Å². The van der Waals surface area contributed by atoms with Crippen molar-refractivity contribution in [2.45, 2.75) is 336 Å². The lowest BCUT2D eigenvalue weighted by Crippen LogP contribution is -2.06. The van der Waals surface area contributed by atoms with Gasteiger partial charge >= 0.3 is 0 Å². The van der Waals surface area contributed by atoms with E-state index in [9.17, 15) is 0 Å². The lowest BCUT2D eigenvalue weighted by atomic mass is 9.98. The molecule has 0 fully saturated rings. The third kappa shape index (κ3) is 31.7. The van der Waals surface area contributed by atoms with Crippen LogP contribution in [0.15, 0.2) is 24.3 Å². The summed E-state index contributed by atoms with van der Waals surface area (Å²) < 4.78 is 27.8. The topological polar surface area (TPSA) is 36.9 Å². The standard InChI is InChI=1S/C70H120Cl2O4/c1-5-9-13-17-21-25-29-33-37-41-45-49-55-73-65-53-54-66(74-56-50-46-42-38-34-30-26-22-18-14-10-6-2)68-67(65)69(75-57-51-47-43-39-35-31-27-23-19-15-11-7-3)61-59-63(71)64(72)60-62(61)70(68)76-58-52-48-44-40-36-32-28-24-20-16-12-8-4/h53-54,59-60H,5-52,55-58H2,1-4H3. The summed E-state index contributed by atoms with van der Waals surface area (Å²) in [5.41, 5.74) is 0. The number of benzene rings is 3. The van der Waals surface area contributed by atoms with E-state index >= 15 is 0 Å². The maximum absolute atomic E-state index is 7.04. The second kappa shape index (κ2) is 48.8. The highest BCUT2D eigenvalue weighted by molar-refractivity contribution is 6.43. The first-order valence-electron chi connectivity index (χ1n) is 33.5. The molecule has 3 aromatic rings. The molecule has 0 saturated heterocycles. The number of halogens is 2. The van der Waals surface area contributed by atoms with Crippen LogP contribution in [-0.2, 0) is 0 Å². The van der Waals surface area contributed by atoms with Crippen LogP contribution in [-0.4, -0.2) is 26.4 Å². The van der Waals surface area contributed by atoms with Crippen molar-refractivity contribution in [3.63, 3.8) is 0 Å². The Labute approximate surface area is 480 Å². The Morgan fingerprint density at radius 3 is 0.645 bits per heavy atom. The first kappa shape index (κ1) is 68.2. The quantitative estimate of drug-likeness (QED) is 0.0417. The molecule has 0 unspecified atom stereocenters. The van der Waals surface area contributed by atoms with Crippen molar-refractivity contribution in [2.75, 3.05) is 26.4 Å². The number of fused-ring (bicyclic) bond motifs is 2. The second-order valence-corrected chi connectivity index (χ2v) is 24.0. The molecule has 0 saturated carbocycles. The summed E-state index contributed by atoms with van der Waals surface area (Å²) in [6.07, 6.45) is 63.0. The molecule has 0 radical (unpaired) electrons. The zero-order valence-electron chi connectivity index (χ0n) is 50.5. The van der Waals surface area contributed by atoms with Crippen molar-refractivity contribution >= 4 is 44.7 Å². The van der Waals surface area contributed by atoms with Crippen molar-refractivity contribution in [3.8, 4) is 23.0 Å². The minimum Gasteiger partial charge on any atom is -0.493 e. The lowest BCUT2D eigenvalue weighted by molar-refractivity contribution is 0.290. The molecule has 0 heterocycles. The van der Waals surface area contributed by atoms with E-state index in [2.05, 4.69) is 39.8 Å². The molecule has 0 spiro atoms. The number of ether oxygens (including phenoxy) is 4. The predicted molar refractivity (Wildman–Crippen MR) is 338 cm³/mol. The molecule has 3 rings (SSSR count). The summed E-state index contributed by atoms with van der Waals surface area (Å²) in [4.78, 5) is 0. The Bertz CT molecular complexity index is 1670. The molecule has 0 aliphatic rings. The average molecular weight is 1100 g/mol. The molecule has 0 bridgehead atoms. The van der Waals surface area contributed by atoms with Gasteiger partial charge in [-0.1, -0.05) is 333 Å². The van der Waals surface area contributed by atoms with E-state index in [-0.39, 0.29) is 0 Å². The zero-order chi connectivity index (χ0) is 54.2. The van der Waals surface area contributed by atoms with E-state index in [1.54, 1.807) is 0 Å². The molecule has 4 nitrogen and oxygen atoms in total. The summed E-state index contributed by atoms with van der Waals surface area (Å²) in [7, 11) is 0.